The van der Waals surface area contributed by atoms with E-state index < -0.39 is 0 Å². The molecule has 2 heteroatoms. The summed E-state index contributed by atoms with van der Waals surface area (Å²) in [7, 11) is 0. The summed E-state index contributed by atoms with van der Waals surface area (Å²) < 4.78 is 0. The van der Waals surface area contributed by atoms with Crippen LogP contribution in [-0.2, 0) is 6.42 Å². The molecule has 232 valence electrons. The van der Waals surface area contributed by atoms with Gasteiger partial charge in [0.2, 0.25) is 6.17 Å². The summed E-state index contributed by atoms with van der Waals surface area (Å²) in [6.45, 7) is 4.61. The van der Waals surface area contributed by atoms with E-state index >= 15 is 0 Å². The smallest absolute Gasteiger partial charge is 0.0965 e. The second-order valence-electron chi connectivity index (χ2n) is 13.0. The molecule has 0 aliphatic carbocycles. The van der Waals surface area contributed by atoms with Crippen molar-refractivity contribution in [2.45, 2.75) is 181 Å². The number of benzene rings is 1. The van der Waals surface area contributed by atoms with E-state index in [4.69, 9.17) is 9.98 Å². The summed E-state index contributed by atoms with van der Waals surface area (Å²) in [4.78, 5) is 9.49. The van der Waals surface area contributed by atoms with Crippen molar-refractivity contribution in [3.05, 3.63) is 42.1 Å². The average Bonchev–Trinajstić information content (AvgIpc) is 3.53. The molecule has 2 rings (SSSR count). The molecule has 0 radical (unpaired) electrons. The maximum Gasteiger partial charge on any atom is 0.244 e. The number of hydrogen-bond acceptors (Lipinski definition) is 2. The van der Waals surface area contributed by atoms with Crippen LogP contribution >= 0.6 is 0 Å². The van der Waals surface area contributed by atoms with E-state index in [1.807, 2.05) is 12.4 Å². The van der Waals surface area contributed by atoms with Gasteiger partial charge in [0.1, 0.15) is 0 Å². The van der Waals surface area contributed by atoms with Gasteiger partial charge in [-0.15, -0.1) is 0 Å². The molecule has 1 aliphatic heterocycles. The van der Waals surface area contributed by atoms with E-state index in [0.717, 1.165) is 12.6 Å². The van der Waals surface area contributed by atoms with Gasteiger partial charge in [0, 0.05) is 0 Å². The molecule has 1 aliphatic rings. The average molecular weight is 564 g/mol. The van der Waals surface area contributed by atoms with Gasteiger partial charge in [-0.25, -0.2) is 0 Å². The van der Waals surface area contributed by atoms with Crippen LogP contribution < -0.4 is 0 Å². The van der Waals surface area contributed by atoms with Gasteiger partial charge in [-0.05, 0) is 30.7 Å². The molecule has 2 nitrogen and oxygen atoms in total. The lowest BCUT2D eigenvalue weighted by molar-refractivity contribution is 0.284. The molecule has 2 unspecified atom stereocenters. The van der Waals surface area contributed by atoms with Crippen LogP contribution in [-0.4, -0.2) is 12.4 Å². The Kier molecular flexibility index (Phi) is 22.7. The van der Waals surface area contributed by atoms with Crippen molar-refractivity contribution in [3.8, 4) is 0 Å². The van der Waals surface area contributed by atoms with Crippen molar-refractivity contribution in [3.63, 3.8) is 0 Å². The number of unbranched alkanes of at least 4 members (excludes halogenated alkanes) is 21. The standard InChI is InChI=1S/C39H67N2/c1-3-5-7-9-11-13-15-16-17-18-20-22-27-31-37(35-36-29-25-24-26-30-36)38(39-40-33-34-41-39)32-28-23-21-19-14-12-10-8-6-4-2/h24-26,29-30,33-34,37-38H,3-23,27-28,31-32,35H2,1-2H3/q+1. The summed E-state index contributed by atoms with van der Waals surface area (Å²) in [6, 6.07) is 11.2. The van der Waals surface area contributed by atoms with E-state index in [1.165, 1.54) is 166 Å². The van der Waals surface area contributed by atoms with Crippen LogP contribution in [0.1, 0.15) is 180 Å². The van der Waals surface area contributed by atoms with Gasteiger partial charge >= 0.3 is 0 Å². The van der Waals surface area contributed by atoms with Gasteiger partial charge in [-0.2, -0.15) is 0 Å². The monoisotopic (exact) mass is 564 g/mol. The van der Waals surface area contributed by atoms with Crippen molar-refractivity contribution < 1.29 is 0 Å². The fourth-order valence-electron chi connectivity index (χ4n) is 6.66. The number of rotatable bonds is 29. The largest absolute Gasteiger partial charge is 0.244 e. The van der Waals surface area contributed by atoms with E-state index in [0.29, 0.717) is 11.8 Å². The molecule has 1 aromatic carbocycles. The molecule has 0 aromatic heterocycles. The van der Waals surface area contributed by atoms with Gasteiger partial charge in [0.15, 0.2) is 12.4 Å². The molecule has 1 heterocycles. The van der Waals surface area contributed by atoms with Crippen molar-refractivity contribution in [2.75, 3.05) is 0 Å². The first-order chi connectivity index (χ1) is 20.3. The second-order valence-corrected chi connectivity index (χ2v) is 13.0. The summed E-state index contributed by atoms with van der Waals surface area (Å²) in [5.41, 5.74) is 1.48. The van der Waals surface area contributed by atoms with Crippen molar-refractivity contribution in [1.82, 2.24) is 0 Å². The quantitative estimate of drug-likeness (QED) is 0.0684. The lowest BCUT2D eigenvalue weighted by atomic mass is 9.78. The van der Waals surface area contributed by atoms with E-state index in [9.17, 15) is 0 Å². The van der Waals surface area contributed by atoms with Crippen molar-refractivity contribution in [1.29, 1.82) is 0 Å². The SMILES string of the molecule is CCCCCCCCCCCCCCCC(Cc1ccccc1)C(CCCCCCCCCCCC)[C+]1N=CC=N1. The van der Waals surface area contributed by atoms with Gasteiger partial charge in [-0.3, -0.25) is 0 Å². The van der Waals surface area contributed by atoms with Gasteiger partial charge in [0.05, 0.1) is 5.92 Å². The molecular formula is C39H67N2+. The zero-order chi connectivity index (χ0) is 29.1. The first kappa shape index (κ1) is 35.6. The molecule has 0 fully saturated rings. The van der Waals surface area contributed by atoms with Crippen molar-refractivity contribution in [2.24, 2.45) is 21.8 Å². The molecular weight excluding hydrogens is 496 g/mol. The minimum absolute atomic E-state index is 0.497. The topological polar surface area (TPSA) is 24.7 Å². The highest BCUT2D eigenvalue weighted by Crippen LogP contribution is 2.37. The van der Waals surface area contributed by atoms with E-state index in [1.54, 1.807) is 0 Å². The third kappa shape index (κ3) is 18.6. The molecule has 0 N–H and O–H groups in total. The Morgan fingerprint density at radius 2 is 0.878 bits per heavy atom. The third-order valence-electron chi connectivity index (χ3n) is 9.27. The summed E-state index contributed by atoms with van der Waals surface area (Å²) in [6.07, 6.45) is 41.1. The van der Waals surface area contributed by atoms with E-state index in [-0.39, 0.29) is 0 Å². The zero-order valence-electron chi connectivity index (χ0n) is 27.5. The predicted molar refractivity (Wildman–Crippen MR) is 184 cm³/mol. The predicted octanol–water partition coefficient (Wildman–Crippen LogP) is 12.9. The number of nitrogens with zero attached hydrogens (tertiary/aromatic N) is 2. The second kappa shape index (κ2) is 26.1. The summed E-state index contributed by atoms with van der Waals surface area (Å²) in [5, 5.41) is 0. The number of hydrogen-bond donors (Lipinski definition) is 0. The highest BCUT2D eigenvalue weighted by Gasteiger charge is 2.35. The molecule has 1 aromatic rings. The zero-order valence-corrected chi connectivity index (χ0v) is 27.5. The Hall–Kier alpha value is -1.57. The Morgan fingerprint density at radius 1 is 0.488 bits per heavy atom. The molecule has 0 spiro atoms. The van der Waals surface area contributed by atoms with Gasteiger partial charge in [0.25, 0.3) is 0 Å². The van der Waals surface area contributed by atoms with Crippen LogP contribution in [0.25, 0.3) is 0 Å². The molecule has 41 heavy (non-hydrogen) atoms. The Labute approximate surface area is 256 Å². The highest BCUT2D eigenvalue weighted by molar-refractivity contribution is 6.18. The highest BCUT2D eigenvalue weighted by atomic mass is 15.0. The maximum absolute atomic E-state index is 4.75. The molecule has 0 saturated heterocycles. The number of aliphatic imine (C=N–C) groups is 2. The molecule has 2 atom stereocenters. The lowest BCUT2D eigenvalue weighted by Gasteiger charge is -2.26. The summed E-state index contributed by atoms with van der Waals surface area (Å²) >= 11 is 0. The van der Waals surface area contributed by atoms with Gasteiger partial charge < -0.3 is 0 Å². The van der Waals surface area contributed by atoms with Crippen LogP contribution in [0, 0.1) is 18.0 Å². The van der Waals surface area contributed by atoms with Crippen LogP contribution in [0.15, 0.2) is 40.3 Å². The van der Waals surface area contributed by atoms with Crippen LogP contribution in [0.2, 0.25) is 0 Å². The van der Waals surface area contributed by atoms with Crippen LogP contribution in [0.5, 0.6) is 0 Å². The third-order valence-corrected chi connectivity index (χ3v) is 9.27. The molecule has 0 amide bonds. The Balaban J connectivity index is 1.71. The van der Waals surface area contributed by atoms with Gasteiger partial charge in [-0.1, -0.05) is 202 Å². The molecule has 0 bridgehead atoms. The fourth-order valence-corrected chi connectivity index (χ4v) is 6.66. The molecule has 0 saturated carbocycles. The fraction of sp³-hybridized carbons (Fsp3) is 0.769. The minimum Gasteiger partial charge on any atom is -0.0965 e. The maximum atomic E-state index is 4.75. The van der Waals surface area contributed by atoms with E-state index in [2.05, 4.69) is 44.2 Å². The normalized spacial score (nSPS) is 14.2. The Morgan fingerprint density at radius 3 is 1.32 bits per heavy atom. The minimum atomic E-state index is 0.497. The van der Waals surface area contributed by atoms with Crippen LogP contribution in [0.3, 0.4) is 0 Å². The van der Waals surface area contributed by atoms with Crippen molar-refractivity contribution >= 4 is 12.4 Å². The first-order valence-electron chi connectivity index (χ1n) is 18.3. The first-order valence-corrected chi connectivity index (χ1v) is 18.3. The summed E-state index contributed by atoms with van der Waals surface area (Å²) in [5.74, 6) is 1.14. The van der Waals surface area contributed by atoms with Crippen LogP contribution in [0.4, 0.5) is 0 Å². The lowest BCUT2D eigenvalue weighted by Crippen LogP contribution is -2.22. The Bertz CT molecular complexity index is 727.